The van der Waals surface area contributed by atoms with Gasteiger partial charge >= 0.3 is 0 Å². The summed E-state index contributed by atoms with van der Waals surface area (Å²) in [5, 5.41) is 0. The normalized spacial score (nSPS) is 16.7. The lowest BCUT2D eigenvalue weighted by Crippen LogP contribution is -2.13. The van der Waals surface area contributed by atoms with Crippen LogP contribution in [0.3, 0.4) is 0 Å². The van der Waals surface area contributed by atoms with Gasteiger partial charge in [0.1, 0.15) is 13.6 Å². The molecule has 0 bridgehead atoms. The first-order chi connectivity index (χ1) is 4.20. The van der Waals surface area contributed by atoms with Crippen LogP contribution in [0.4, 0.5) is 0 Å². The Bertz CT molecular complexity index is 128. The molecule has 1 nitrogen and oxygen atoms in total. The Balaban J connectivity index is 2.35. The molecule has 0 radical (unpaired) electrons. The van der Waals surface area contributed by atoms with E-state index >= 15 is 0 Å². The topological polar surface area (TPSA) is 3.01 Å². The molecule has 0 aliphatic heterocycles. The van der Waals surface area contributed by atoms with Gasteiger partial charge in [0.2, 0.25) is 0 Å². The Morgan fingerprint density at radius 1 is 1.44 bits per heavy atom. The minimum absolute atomic E-state index is 0.808. The average Bonchev–Trinajstić information content (AvgIpc) is 2.40. The lowest BCUT2D eigenvalue weighted by atomic mass is 10.2. The molecule has 1 rings (SSSR count). The van der Waals surface area contributed by atoms with Gasteiger partial charge in [0.15, 0.2) is 5.71 Å². The second kappa shape index (κ2) is 2.51. The summed E-state index contributed by atoms with van der Waals surface area (Å²) in [7, 11) is 2.20. The number of nitrogens with zero attached hydrogens (tertiary/aromatic N) is 1. The molecule has 0 heterocycles. The highest BCUT2D eigenvalue weighted by Gasteiger charge is 2.23. The molecule has 0 N–H and O–H groups in total. The van der Waals surface area contributed by atoms with Gasteiger partial charge in [-0.1, -0.05) is 13.8 Å². The van der Waals surface area contributed by atoms with E-state index < -0.39 is 0 Å². The molecule has 1 saturated carbocycles. The predicted octanol–water partition coefficient (Wildman–Crippen LogP) is 1.52. The van der Waals surface area contributed by atoms with E-state index in [4.69, 9.17) is 0 Å². The zero-order valence-electron chi connectivity index (χ0n) is 6.65. The Morgan fingerprint density at radius 2 is 2.00 bits per heavy atom. The van der Waals surface area contributed by atoms with Gasteiger partial charge < -0.3 is 0 Å². The van der Waals surface area contributed by atoms with Crippen molar-refractivity contribution in [2.24, 2.45) is 5.92 Å². The Hall–Kier alpha value is -0.330. The quantitative estimate of drug-likeness (QED) is 0.493. The molecular weight excluding hydrogens is 110 g/mol. The van der Waals surface area contributed by atoms with E-state index in [0.717, 1.165) is 5.92 Å². The molecule has 1 heteroatoms. The van der Waals surface area contributed by atoms with Crippen molar-refractivity contribution in [3.63, 3.8) is 0 Å². The van der Waals surface area contributed by atoms with Crippen molar-refractivity contribution < 1.29 is 4.58 Å². The molecule has 0 aromatic heterocycles. The van der Waals surface area contributed by atoms with Crippen LogP contribution in [0.2, 0.25) is 0 Å². The highest BCUT2D eigenvalue weighted by Crippen LogP contribution is 2.13. The molecule has 0 aromatic rings. The molecule has 0 saturated heterocycles. The van der Waals surface area contributed by atoms with Crippen LogP contribution in [0.15, 0.2) is 0 Å². The van der Waals surface area contributed by atoms with Gasteiger partial charge in [0.05, 0.1) is 0 Å². The van der Waals surface area contributed by atoms with Crippen LogP contribution < -0.4 is 0 Å². The van der Waals surface area contributed by atoms with Crippen LogP contribution in [0, 0.1) is 5.92 Å². The highest BCUT2D eigenvalue weighted by molar-refractivity contribution is 5.93. The first-order valence-corrected chi connectivity index (χ1v) is 3.76. The monoisotopic (exact) mass is 126 g/mol. The summed E-state index contributed by atoms with van der Waals surface area (Å²) < 4.78 is 2.39. The summed E-state index contributed by atoms with van der Waals surface area (Å²) in [4.78, 5) is 0. The lowest BCUT2D eigenvalue weighted by molar-refractivity contribution is -0.501. The Kier molecular flexibility index (Phi) is 1.89. The smallest absolute Gasteiger partial charge is 0.153 e. The number of rotatable bonds is 2. The molecule has 1 aliphatic carbocycles. The SMILES string of the molecule is CC(C)C[N+](C)=C1CC1. The van der Waals surface area contributed by atoms with Crippen LogP contribution >= 0.6 is 0 Å². The van der Waals surface area contributed by atoms with Gasteiger partial charge in [-0.15, -0.1) is 0 Å². The minimum atomic E-state index is 0.808. The van der Waals surface area contributed by atoms with E-state index in [0.29, 0.717) is 0 Å². The van der Waals surface area contributed by atoms with Crippen molar-refractivity contribution in [2.45, 2.75) is 26.7 Å². The van der Waals surface area contributed by atoms with E-state index in [1.165, 1.54) is 19.4 Å². The summed E-state index contributed by atoms with van der Waals surface area (Å²) in [5.41, 5.74) is 1.64. The average molecular weight is 126 g/mol. The molecule has 0 aromatic carbocycles. The van der Waals surface area contributed by atoms with Crippen molar-refractivity contribution in [1.82, 2.24) is 0 Å². The van der Waals surface area contributed by atoms with E-state index in [1.807, 2.05) is 0 Å². The van der Waals surface area contributed by atoms with Crippen LogP contribution in [-0.2, 0) is 0 Å². The maximum atomic E-state index is 2.39. The number of hydrogen-bond donors (Lipinski definition) is 0. The molecular formula is C8H16N+. The zero-order chi connectivity index (χ0) is 6.85. The van der Waals surface area contributed by atoms with E-state index in [9.17, 15) is 0 Å². The van der Waals surface area contributed by atoms with Crippen LogP contribution in [0.5, 0.6) is 0 Å². The van der Waals surface area contributed by atoms with Crippen molar-refractivity contribution in [1.29, 1.82) is 0 Å². The first-order valence-electron chi connectivity index (χ1n) is 3.76. The van der Waals surface area contributed by atoms with Crippen LogP contribution in [0.25, 0.3) is 0 Å². The fraction of sp³-hybridized carbons (Fsp3) is 0.875. The molecule has 9 heavy (non-hydrogen) atoms. The molecule has 0 atom stereocenters. The molecule has 0 unspecified atom stereocenters. The third kappa shape index (κ3) is 2.17. The van der Waals surface area contributed by atoms with E-state index in [2.05, 4.69) is 25.5 Å². The van der Waals surface area contributed by atoms with Crippen molar-refractivity contribution in [2.75, 3.05) is 13.6 Å². The summed E-state index contributed by atoms with van der Waals surface area (Å²) in [6, 6.07) is 0. The zero-order valence-corrected chi connectivity index (χ0v) is 6.65. The molecule has 52 valence electrons. The second-order valence-electron chi connectivity index (χ2n) is 3.34. The van der Waals surface area contributed by atoms with Gasteiger partial charge in [-0.25, -0.2) is 4.58 Å². The Morgan fingerprint density at radius 3 is 2.33 bits per heavy atom. The van der Waals surface area contributed by atoms with Gasteiger partial charge in [-0.05, 0) is 0 Å². The summed E-state index contributed by atoms with van der Waals surface area (Å²) in [6.45, 7) is 5.76. The van der Waals surface area contributed by atoms with E-state index in [1.54, 1.807) is 5.71 Å². The maximum Gasteiger partial charge on any atom is 0.153 e. The standard InChI is InChI=1S/C8H16N/c1-7(2)6-9(3)8-4-5-8/h7H,4-6H2,1-3H3/q+1. The van der Waals surface area contributed by atoms with Gasteiger partial charge in [0, 0.05) is 18.8 Å². The molecule has 0 amide bonds. The highest BCUT2D eigenvalue weighted by atomic mass is 15.0. The third-order valence-corrected chi connectivity index (χ3v) is 1.65. The van der Waals surface area contributed by atoms with Gasteiger partial charge in [-0.2, -0.15) is 0 Å². The lowest BCUT2D eigenvalue weighted by Gasteiger charge is -1.98. The maximum absolute atomic E-state index is 2.39. The largest absolute Gasteiger partial charge is 0.239 e. The summed E-state index contributed by atoms with van der Waals surface area (Å²) in [5.74, 6) is 0.808. The van der Waals surface area contributed by atoms with Crippen LogP contribution in [-0.4, -0.2) is 23.9 Å². The first kappa shape index (κ1) is 6.79. The fourth-order valence-corrected chi connectivity index (χ4v) is 1.11. The molecule has 0 spiro atoms. The Labute approximate surface area is 57.4 Å². The third-order valence-electron chi connectivity index (χ3n) is 1.65. The van der Waals surface area contributed by atoms with Crippen LogP contribution in [0.1, 0.15) is 26.7 Å². The van der Waals surface area contributed by atoms with Gasteiger partial charge in [0.25, 0.3) is 0 Å². The predicted molar refractivity (Wildman–Crippen MR) is 40.1 cm³/mol. The minimum Gasteiger partial charge on any atom is -0.239 e. The van der Waals surface area contributed by atoms with Crippen molar-refractivity contribution in [3.05, 3.63) is 0 Å². The number of hydrogen-bond acceptors (Lipinski definition) is 0. The van der Waals surface area contributed by atoms with E-state index in [-0.39, 0.29) is 0 Å². The van der Waals surface area contributed by atoms with Crippen molar-refractivity contribution in [3.8, 4) is 0 Å². The summed E-state index contributed by atoms with van der Waals surface area (Å²) in [6.07, 6.45) is 2.70. The van der Waals surface area contributed by atoms with Gasteiger partial charge in [-0.3, -0.25) is 0 Å². The second-order valence-corrected chi connectivity index (χ2v) is 3.34. The summed E-state index contributed by atoms with van der Waals surface area (Å²) >= 11 is 0. The van der Waals surface area contributed by atoms with Crippen molar-refractivity contribution >= 4 is 5.71 Å². The molecule has 1 aliphatic rings. The fourth-order valence-electron chi connectivity index (χ4n) is 1.11. The molecule has 1 fully saturated rings.